The number of guanidine groups is 1. The van der Waals surface area contributed by atoms with Crippen LogP contribution in [0.2, 0.25) is 0 Å². The van der Waals surface area contributed by atoms with Crippen LogP contribution in [0.5, 0.6) is 0 Å². The smallest absolute Gasteiger partial charge is 0.356 e. The van der Waals surface area contributed by atoms with Gasteiger partial charge in [0.05, 0.1) is 6.04 Å². The van der Waals surface area contributed by atoms with E-state index in [2.05, 4.69) is 11.0 Å². The molecule has 0 aliphatic heterocycles. The fraction of sp³-hybridized carbons (Fsp3) is 0.636. The summed E-state index contributed by atoms with van der Waals surface area (Å²) >= 11 is 0. The van der Waals surface area contributed by atoms with Gasteiger partial charge in [0.15, 0.2) is 0 Å². The summed E-state index contributed by atoms with van der Waals surface area (Å²) in [5.41, 5.74) is 15.6. The molecule has 0 bridgehead atoms. The Labute approximate surface area is 123 Å². The standard InChI is InChI=1S/C11H22N4O5S/c1-3-5-6-7-20-11(9(16)17,8(12)4-2)21(18,19)15-10(13)14/h4,8H,2-3,5-7,12H2,1H3,(H,16,17)(H4,13,14,15). The molecule has 0 saturated heterocycles. The summed E-state index contributed by atoms with van der Waals surface area (Å²) in [4.78, 5) is 8.72. The number of nitrogens with zero attached hydrogens (tertiary/aromatic N) is 1. The van der Waals surface area contributed by atoms with Crippen LogP contribution in [-0.4, -0.2) is 43.0 Å². The highest BCUT2D eigenvalue weighted by molar-refractivity contribution is 7.92. The second-order valence-electron chi connectivity index (χ2n) is 4.28. The van der Waals surface area contributed by atoms with Gasteiger partial charge in [0.1, 0.15) is 0 Å². The molecule has 0 heterocycles. The highest BCUT2D eigenvalue weighted by Crippen LogP contribution is 2.26. The monoisotopic (exact) mass is 322 g/mol. The summed E-state index contributed by atoms with van der Waals surface area (Å²) in [5, 5.41) is 9.35. The Kier molecular flexibility index (Phi) is 7.33. The second kappa shape index (κ2) is 7.96. The largest absolute Gasteiger partial charge is 0.478 e. The number of hydrogen-bond acceptors (Lipinski definition) is 5. The Morgan fingerprint density at radius 2 is 2.05 bits per heavy atom. The van der Waals surface area contributed by atoms with Crippen molar-refractivity contribution in [3.8, 4) is 0 Å². The Morgan fingerprint density at radius 3 is 2.43 bits per heavy atom. The fourth-order valence-electron chi connectivity index (χ4n) is 1.59. The third kappa shape index (κ3) is 4.41. The van der Waals surface area contributed by atoms with Gasteiger partial charge in [-0.2, -0.15) is 0 Å². The maximum absolute atomic E-state index is 12.2. The van der Waals surface area contributed by atoms with E-state index in [9.17, 15) is 18.3 Å². The molecule has 2 unspecified atom stereocenters. The van der Waals surface area contributed by atoms with Crippen LogP contribution in [0.25, 0.3) is 0 Å². The zero-order chi connectivity index (χ0) is 16.7. The average molecular weight is 322 g/mol. The number of nitrogens with two attached hydrogens (primary N) is 3. The molecular formula is C11H22N4O5S. The summed E-state index contributed by atoms with van der Waals surface area (Å²) in [6, 6.07) is -1.55. The van der Waals surface area contributed by atoms with Crippen LogP contribution in [0, 0.1) is 0 Å². The Morgan fingerprint density at radius 1 is 1.48 bits per heavy atom. The highest BCUT2D eigenvalue weighted by atomic mass is 32.2. The summed E-state index contributed by atoms with van der Waals surface area (Å²) < 4.78 is 32.5. The number of unbranched alkanes of at least 4 members (excludes halogenated alkanes) is 2. The highest BCUT2D eigenvalue weighted by Gasteiger charge is 2.57. The van der Waals surface area contributed by atoms with Gasteiger partial charge in [0.25, 0.3) is 10.0 Å². The van der Waals surface area contributed by atoms with E-state index in [0.717, 1.165) is 18.9 Å². The lowest BCUT2D eigenvalue weighted by atomic mass is 10.1. The number of rotatable bonds is 10. The van der Waals surface area contributed by atoms with E-state index in [0.29, 0.717) is 6.42 Å². The molecule has 0 saturated carbocycles. The summed E-state index contributed by atoms with van der Waals surface area (Å²) in [5.74, 6) is -2.62. The molecule has 0 spiro atoms. The normalized spacial score (nSPS) is 15.7. The van der Waals surface area contributed by atoms with Gasteiger partial charge in [-0.1, -0.05) is 25.8 Å². The molecule has 0 aromatic rings. The number of sulfonamides is 1. The van der Waals surface area contributed by atoms with Gasteiger partial charge < -0.3 is 27.0 Å². The van der Waals surface area contributed by atoms with Crippen LogP contribution >= 0.6 is 0 Å². The maximum atomic E-state index is 12.2. The minimum absolute atomic E-state index is 0.124. The fourth-order valence-corrected chi connectivity index (χ4v) is 2.90. The van der Waals surface area contributed by atoms with E-state index in [1.807, 2.05) is 6.92 Å². The summed E-state index contributed by atoms with van der Waals surface area (Å²) in [6.45, 7) is 5.10. The molecule has 21 heavy (non-hydrogen) atoms. The van der Waals surface area contributed by atoms with Crippen LogP contribution in [-0.2, 0) is 19.6 Å². The Hall–Kier alpha value is -1.65. The predicted molar refractivity (Wildman–Crippen MR) is 78.7 cm³/mol. The van der Waals surface area contributed by atoms with E-state index >= 15 is 0 Å². The predicted octanol–water partition coefficient (Wildman–Crippen LogP) is -0.909. The Bertz CT molecular complexity index is 501. The molecule has 122 valence electrons. The van der Waals surface area contributed by atoms with Crippen LogP contribution in [0.1, 0.15) is 26.2 Å². The molecule has 0 amide bonds. The van der Waals surface area contributed by atoms with Crippen molar-refractivity contribution >= 4 is 22.0 Å². The molecule has 0 aliphatic carbocycles. The van der Waals surface area contributed by atoms with Gasteiger partial charge in [-0.3, -0.25) is 0 Å². The Balaban J connectivity index is 5.78. The van der Waals surface area contributed by atoms with Gasteiger partial charge in [0, 0.05) is 6.61 Å². The third-order valence-electron chi connectivity index (χ3n) is 2.66. The number of carboxylic acid groups (broad SMARTS) is 1. The molecule has 0 radical (unpaired) electrons. The molecule has 0 aromatic carbocycles. The molecule has 10 heteroatoms. The van der Waals surface area contributed by atoms with E-state index in [1.165, 1.54) is 0 Å². The second-order valence-corrected chi connectivity index (χ2v) is 6.02. The lowest BCUT2D eigenvalue weighted by Crippen LogP contribution is -2.60. The number of ether oxygens (including phenoxy) is 1. The van der Waals surface area contributed by atoms with E-state index < -0.39 is 32.9 Å². The van der Waals surface area contributed by atoms with Gasteiger partial charge >= 0.3 is 10.9 Å². The van der Waals surface area contributed by atoms with Crippen LogP contribution < -0.4 is 17.2 Å². The molecule has 2 atom stereocenters. The SMILES string of the molecule is C=CC(N)C(OCCCCC)(C(=O)O)S(=O)(=O)N=C(N)N. The average Bonchev–Trinajstić information content (AvgIpc) is 2.35. The van der Waals surface area contributed by atoms with E-state index in [1.54, 1.807) is 0 Å². The number of aliphatic carboxylic acids is 1. The summed E-state index contributed by atoms with van der Waals surface area (Å²) in [6.07, 6.45) is 3.00. The van der Waals surface area contributed by atoms with Gasteiger partial charge in [0.2, 0.25) is 5.96 Å². The lowest BCUT2D eigenvalue weighted by Gasteiger charge is -2.30. The van der Waals surface area contributed by atoms with Crippen molar-refractivity contribution < 1.29 is 23.1 Å². The number of carbonyl (C=O) groups is 1. The minimum Gasteiger partial charge on any atom is -0.478 e. The topological polar surface area (TPSA) is 171 Å². The van der Waals surface area contributed by atoms with Crippen molar-refractivity contribution in [2.45, 2.75) is 37.2 Å². The molecule has 7 N–H and O–H groups in total. The quantitative estimate of drug-likeness (QED) is 0.173. The van der Waals surface area contributed by atoms with Crippen molar-refractivity contribution in [1.82, 2.24) is 0 Å². The molecule has 0 fully saturated rings. The molecule has 0 rings (SSSR count). The zero-order valence-electron chi connectivity index (χ0n) is 11.9. The van der Waals surface area contributed by atoms with Crippen LogP contribution in [0.4, 0.5) is 0 Å². The first-order valence-corrected chi connectivity index (χ1v) is 7.70. The van der Waals surface area contributed by atoms with E-state index in [4.69, 9.17) is 21.9 Å². The lowest BCUT2D eigenvalue weighted by molar-refractivity contribution is -0.155. The maximum Gasteiger partial charge on any atom is 0.356 e. The molecular weight excluding hydrogens is 300 g/mol. The van der Waals surface area contributed by atoms with Crippen LogP contribution in [0.3, 0.4) is 0 Å². The van der Waals surface area contributed by atoms with Gasteiger partial charge in [-0.25, -0.2) is 13.2 Å². The van der Waals surface area contributed by atoms with Gasteiger partial charge in [-0.05, 0) is 6.42 Å². The van der Waals surface area contributed by atoms with Crippen molar-refractivity contribution in [2.75, 3.05) is 6.61 Å². The number of carboxylic acids is 1. The first-order chi connectivity index (χ1) is 9.65. The summed E-state index contributed by atoms with van der Waals surface area (Å²) in [7, 11) is -4.76. The zero-order valence-corrected chi connectivity index (χ0v) is 12.7. The number of hydrogen-bond donors (Lipinski definition) is 4. The van der Waals surface area contributed by atoms with Crippen molar-refractivity contribution in [1.29, 1.82) is 0 Å². The van der Waals surface area contributed by atoms with Crippen molar-refractivity contribution in [3.63, 3.8) is 0 Å². The minimum atomic E-state index is -4.76. The first kappa shape index (κ1) is 19.4. The van der Waals surface area contributed by atoms with Crippen LogP contribution in [0.15, 0.2) is 17.1 Å². The van der Waals surface area contributed by atoms with E-state index in [-0.39, 0.29) is 6.61 Å². The van der Waals surface area contributed by atoms with Gasteiger partial charge in [-0.15, -0.1) is 11.0 Å². The third-order valence-corrected chi connectivity index (χ3v) is 4.45. The first-order valence-electron chi connectivity index (χ1n) is 6.26. The molecule has 0 aliphatic rings. The van der Waals surface area contributed by atoms with Crippen molar-refractivity contribution in [2.24, 2.45) is 21.6 Å². The molecule has 9 nitrogen and oxygen atoms in total. The van der Waals surface area contributed by atoms with Crippen molar-refractivity contribution in [3.05, 3.63) is 12.7 Å². The molecule has 0 aromatic heterocycles.